The highest BCUT2D eigenvalue weighted by Gasteiger charge is 2.59. The number of amides is 2. The molecule has 0 radical (unpaired) electrons. The molecule has 0 N–H and O–H groups in total. The van der Waals surface area contributed by atoms with Crippen molar-refractivity contribution in [2.24, 2.45) is 39.7 Å². The predicted molar refractivity (Wildman–Crippen MR) is 169 cm³/mol. The number of allylic oxidation sites excluding steroid dienone is 1. The number of carbonyl (C=O) groups excluding carboxylic acids is 3. The Kier molecular flexibility index (Phi) is 10.0. The molecular formula is C34H56N4O5. The molecule has 0 spiro atoms. The van der Waals surface area contributed by atoms with E-state index < -0.39 is 17.8 Å². The number of hydrogen-bond donors (Lipinski definition) is 0. The van der Waals surface area contributed by atoms with Crippen LogP contribution < -0.4 is 0 Å². The lowest BCUT2D eigenvalue weighted by atomic mass is 9.46. The van der Waals surface area contributed by atoms with Gasteiger partial charge in [0, 0.05) is 45.6 Å². The summed E-state index contributed by atoms with van der Waals surface area (Å²) in [6.07, 6.45) is 9.57. The van der Waals surface area contributed by atoms with E-state index in [0.717, 1.165) is 31.4 Å². The molecule has 0 aromatic rings. The van der Waals surface area contributed by atoms with Crippen molar-refractivity contribution in [1.29, 1.82) is 0 Å². The molecule has 9 nitrogen and oxygen atoms in total. The van der Waals surface area contributed by atoms with Gasteiger partial charge in [-0.2, -0.15) is 0 Å². The minimum absolute atomic E-state index is 0.143. The van der Waals surface area contributed by atoms with Crippen LogP contribution in [0.1, 0.15) is 92.9 Å². The number of ether oxygens (including phenoxy) is 1. The Labute approximate surface area is 259 Å². The second-order valence-electron chi connectivity index (χ2n) is 15.4. The van der Waals surface area contributed by atoms with Gasteiger partial charge < -0.3 is 19.4 Å². The van der Waals surface area contributed by atoms with Crippen molar-refractivity contribution in [2.45, 2.75) is 98.5 Å². The molecule has 6 atom stereocenters. The van der Waals surface area contributed by atoms with E-state index in [9.17, 15) is 14.4 Å². The number of carbonyl (C=O) groups is 3. The number of nitrogens with zero attached hydrogens (tertiary/aromatic N) is 4. The van der Waals surface area contributed by atoms with E-state index in [1.807, 2.05) is 52.8 Å². The summed E-state index contributed by atoms with van der Waals surface area (Å²) < 4.78 is 5.45. The van der Waals surface area contributed by atoms with Gasteiger partial charge in [-0.15, -0.1) is 0 Å². The highest BCUT2D eigenvalue weighted by molar-refractivity contribution is 5.91. The monoisotopic (exact) mass is 600 g/mol. The Balaban J connectivity index is 1.40. The smallest absolute Gasteiger partial charge is 0.436 e. The Morgan fingerprint density at radius 2 is 1.63 bits per heavy atom. The molecule has 4 rings (SSSR count). The standard InChI is InChI=1S/C34H56N4O5/c1-23(35-43-31(41)38(20-18-36(7)8)21-19-37(9)30(40)42-32(2,3)4)27-12-13-28-26-11-10-24-22-25(39)14-16-33(24,5)29(26)15-17-34(27,28)6/h22,26-29H,10-21H2,1-9H3/b35-23+/t26-,27+,28-,29-,33-,34+/m0/s1. The molecule has 242 valence electrons. The van der Waals surface area contributed by atoms with Gasteiger partial charge in [0.1, 0.15) is 5.60 Å². The van der Waals surface area contributed by atoms with Crippen LogP contribution in [-0.2, 0) is 14.4 Å². The summed E-state index contributed by atoms with van der Waals surface area (Å²) in [5.74, 6) is 2.56. The fourth-order valence-electron chi connectivity index (χ4n) is 8.79. The molecule has 2 amide bonds. The highest BCUT2D eigenvalue weighted by atomic mass is 16.7. The van der Waals surface area contributed by atoms with Gasteiger partial charge >= 0.3 is 12.2 Å². The molecule has 3 fully saturated rings. The van der Waals surface area contributed by atoms with Crippen LogP contribution in [-0.4, -0.2) is 91.3 Å². The minimum atomic E-state index is -0.582. The van der Waals surface area contributed by atoms with Crippen LogP contribution in [0.15, 0.2) is 16.8 Å². The molecule has 43 heavy (non-hydrogen) atoms. The summed E-state index contributed by atoms with van der Waals surface area (Å²) in [5.41, 5.74) is 2.04. The third-order valence-electron chi connectivity index (χ3n) is 11.2. The Morgan fingerprint density at radius 1 is 0.930 bits per heavy atom. The van der Waals surface area contributed by atoms with Crippen LogP contribution in [0.3, 0.4) is 0 Å². The number of hydrogen-bond acceptors (Lipinski definition) is 7. The van der Waals surface area contributed by atoms with Gasteiger partial charge in [-0.25, -0.2) is 9.59 Å². The Hall–Kier alpha value is -2.42. The molecule has 3 saturated carbocycles. The van der Waals surface area contributed by atoms with Crippen molar-refractivity contribution < 1.29 is 24.0 Å². The lowest BCUT2D eigenvalue weighted by molar-refractivity contribution is -0.117. The zero-order chi connectivity index (χ0) is 31.7. The van der Waals surface area contributed by atoms with Crippen LogP contribution >= 0.6 is 0 Å². The molecule has 4 aliphatic rings. The molecule has 0 saturated heterocycles. The van der Waals surface area contributed by atoms with Gasteiger partial charge in [0.15, 0.2) is 5.78 Å². The largest absolute Gasteiger partial charge is 0.444 e. The number of rotatable bonds is 8. The molecule has 4 aliphatic carbocycles. The van der Waals surface area contributed by atoms with Gasteiger partial charge in [-0.05, 0) is 121 Å². The Bertz CT molecular complexity index is 1130. The first kappa shape index (κ1) is 33.5. The lowest BCUT2D eigenvalue weighted by Gasteiger charge is -2.58. The first-order valence-electron chi connectivity index (χ1n) is 16.4. The van der Waals surface area contributed by atoms with Crippen LogP contribution in [0.25, 0.3) is 0 Å². The zero-order valence-electron chi connectivity index (χ0n) is 28.2. The van der Waals surface area contributed by atoms with Crippen molar-refractivity contribution in [3.8, 4) is 0 Å². The molecule has 0 aromatic carbocycles. The first-order valence-corrected chi connectivity index (χ1v) is 16.4. The van der Waals surface area contributed by atoms with Crippen molar-refractivity contribution >= 4 is 23.7 Å². The molecule has 0 unspecified atom stereocenters. The van der Waals surface area contributed by atoms with Gasteiger partial charge in [0.25, 0.3) is 0 Å². The molecule has 9 heteroatoms. The normalized spacial score (nSPS) is 32.4. The van der Waals surface area contributed by atoms with Crippen LogP contribution in [0.5, 0.6) is 0 Å². The summed E-state index contributed by atoms with van der Waals surface area (Å²) in [7, 11) is 5.60. The van der Waals surface area contributed by atoms with E-state index in [0.29, 0.717) is 56.1 Å². The number of fused-ring (bicyclic) bond motifs is 5. The van der Waals surface area contributed by atoms with E-state index in [-0.39, 0.29) is 16.7 Å². The summed E-state index contributed by atoms with van der Waals surface area (Å²) >= 11 is 0. The third kappa shape index (κ3) is 7.29. The summed E-state index contributed by atoms with van der Waals surface area (Å²) in [5, 5.41) is 4.45. The van der Waals surface area contributed by atoms with Gasteiger partial charge in [-0.3, -0.25) is 9.63 Å². The van der Waals surface area contributed by atoms with Crippen LogP contribution in [0.2, 0.25) is 0 Å². The second-order valence-corrected chi connectivity index (χ2v) is 15.4. The van der Waals surface area contributed by atoms with Crippen LogP contribution in [0.4, 0.5) is 9.59 Å². The van der Waals surface area contributed by atoms with Gasteiger partial charge in [0.2, 0.25) is 0 Å². The van der Waals surface area contributed by atoms with E-state index in [1.54, 1.807) is 11.9 Å². The Morgan fingerprint density at radius 3 is 2.30 bits per heavy atom. The molecular weight excluding hydrogens is 544 g/mol. The molecule has 0 heterocycles. The zero-order valence-corrected chi connectivity index (χ0v) is 28.2. The van der Waals surface area contributed by atoms with Crippen molar-refractivity contribution in [3.05, 3.63) is 11.6 Å². The predicted octanol–water partition coefficient (Wildman–Crippen LogP) is 6.38. The maximum atomic E-state index is 13.2. The number of oxime groups is 1. The van der Waals surface area contributed by atoms with Crippen molar-refractivity contribution in [1.82, 2.24) is 14.7 Å². The first-order chi connectivity index (χ1) is 20.0. The fourth-order valence-corrected chi connectivity index (χ4v) is 8.79. The second kappa shape index (κ2) is 12.9. The van der Waals surface area contributed by atoms with Crippen LogP contribution in [0, 0.1) is 34.5 Å². The molecule has 0 bridgehead atoms. The average molecular weight is 601 g/mol. The number of ketones is 1. The van der Waals surface area contributed by atoms with E-state index in [1.165, 1.54) is 29.7 Å². The third-order valence-corrected chi connectivity index (χ3v) is 11.2. The highest BCUT2D eigenvalue weighted by Crippen LogP contribution is 2.66. The van der Waals surface area contributed by atoms with E-state index >= 15 is 0 Å². The quantitative estimate of drug-likeness (QED) is 0.182. The lowest BCUT2D eigenvalue weighted by Crippen LogP contribution is -2.51. The van der Waals surface area contributed by atoms with Crippen molar-refractivity contribution in [2.75, 3.05) is 47.3 Å². The summed E-state index contributed by atoms with van der Waals surface area (Å²) in [4.78, 5) is 48.6. The maximum absolute atomic E-state index is 13.2. The molecule has 0 aliphatic heterocycles. The van der Waals surface area contributed by atoms with E-state index in [4.69, 9.17) is 9.57 Å². The topological polar surface area (TPSA) is 91.8 Å². The summed E-state index contributed by atoms with van der Waals surface area (Å²) in [6, 6.07) is 0. The van der Waals surface area contributed by atoms with E-state index in [2.05, 4.69) is 19.0 Å². The van der Waals surface area contributed by atoms with Gasteiger partial charge in [0.05, 0.1) is 5.71 Å². The average Bonchev–Trinajstić information content (AvgIpc) is 3.28. The maximum Gasteiger partial charge on any atom is 0.436 e. The SMILES string of the molecule is C/C(=N\OC(=O)N(CCN(C)C)CCN(C)C(=O)OC(C)(C)C)[C@H]1CC[C@H]2[C@@H]3CCC4=CC(=O)CC[C@]4(C)[C@H]3CC[C@]12C. The molecule has 0 aromatic heterocycles. The van der Waals surface area contributed by atoms with Crippen molar-refractivity contribution in [3.63, 3.8) is 0 Å². The van der Waals surface area contributed by atoms with Gasteiger partial charge in [-0.1, -0.05) is 24.6 Å². The fraction of sp³-hybridized carbons (Fsp3) is 0.824. The summed E-state index contributed by atoms with van der Waals surface area (Å²) in [6.45, 7) is 14.2. The minimum Gasteiger partial charge on any atom is -0.444 e. The number of likely N-dealkylation sites (N-methyl/N-ethyl adjacent to an activating group) is 2.